The van der Waals surface area contributed by atoms with Gasteiger partial charge in [-0.3, -0.25) is 9.78 Å². The molecule has 1 aliphatic heterocycles. The fraction of sp³-hybridized carbons (Fsp3) is 0.278. The SMILES string of the molecule is COC(=O)NC(C(=O)Nc1cncc(F)c1CC[C@@H]1CNC[C@@H](COc2ccc(C#N)cc2)O1)C(c1ccccc1)c1ccccc1. The Morgan fingerprint density at radius 3 is 2.30 bits per heavy atom. The molecule has 47 heavy (non-hydrogen) atoms. The molecule has 1 fully saturated rings. The number of pyridine rings is 1. The number of aromatic nitrogens is 1. The van der Waals surface area contributed by atoms with Crippen molar-refractivity contribution in [2.75, 3.05) is 32.1 Å². The van der Waals surface area contributed by atoms with Gasteiger partial charge in [0.2, 0.25) is 5.91 Å². The number of nitriles is 1. The van der Waals surface area contributed by atoms with E-state index in [1.54, 1.807) is 24.3 Å². The standard InChI is InChI=1S/C36H36FN5O5/c1-45-36(44)42-34(33(25-8-4-2-5-9-25)26-10-6-3-7-11-26)35(43)41-32-22-40-21-31(37)30(32)17-16-28-19-39-20-29(47-28)23-46-27-14-12-24(18-38)13-15-27/h2-15,21-22,28-29,33-34,39H,16-17,19-20,23H2,1H3,(H,41,43)(H,42,44)/t28-,29+,34?/m1/s1. The van der Waals surface area contributed by atoms with Gasteiger partial charge >= 0.3 is 6.09 Å². The molecule has 1 aliphatic rings. The van der Waals surface area contributed by atoms with Crippen molar-refractivity contribution >= 4 is 17.7 Å². The Labute approximate surface area is 272 Å². The van der Waals surface area contributed by atoms with Crippen molar-refractivity contribution in [2.45, 2.75) is 37.0 Å². The maximum atomic E-state index is 15.2. The Balaban J connectivity index is 1.29. The number of methoxy groups -OCH3 is 1. The van der Waals surface area contributed by atoms with Crippen LogP contribution in [0.5, 0.6) is 5.75 Å². The van der Waals surface area contributed by atoms with E-state index >= 15 is 4.39 Å². The largest absolute Gasteiger partial charge is 0.491 e. The minimum absolute atomic E-state index is 0.205. The van der Waals surface area contributed by atoms with Crippen LogP contribution >= 0.6 is 0 Å². The number of nitrogens with zero attached hydrogens (tertiary/aromatic N) is 2. The molecule has 3 atom stereocenters. The molecule has 1 aromatic heterocycles. The number of alkyl carbamates (subject to hydrolysis) is 1. The van der Waals surface area contributed by atoms with E-state index in [-0.39, 0.29) is 29.9 Å². The first kappa shape index (κ1) is 33.1. The van der Waals surface area contributed by atoms with Crippen LogP contribution in [0.3, 0.4) is 0 Å². The monoisotopic (exact) mass is 637 g/mol. The van der Waals surface area contributed by atoms with E-state index in [0.717, 1.165) is 17.3 Å². The number of carbonyl (C=O) groups is 2. The molecule has 10 nitrogen and oxygen atoms in total. The summed E-state index contributed by atoms with van der Waals surface area (Å²) in [5.41, 5.74) is 2.63. The molecule has 5 rings (SSSR count). The second-order valence-electron chi connectivity index (χ2n) is 11.1. The number of morpholine rings is 1. The van der Waals surface area contributed by atoms with Crippen LogP contribution in [0.1, 0.15) is 34.6 Å². The van der Waals surface area contributed by atoms with E-state index in [1.807, 2.05) is 60.7 Å². The van der Waals surface area contributed by atoms with Crippen LogP contribution in [0, 0.1) is 17.1 Å². The van der Waals surface area contributed by atoms with Gasteiger partial charge < -0.3 is 30.2 Å². The Hall–Kier alpha value is -5.31. The zero-order valence-corrected chi connectivity index (χ0v) is 25.9. The third-order valence-corrected chi connectivity index (χ3v) is 7.92. The highest BCUT2D eigenvalue weighted by atomic mass is 19.1. The lowest BCUT2D eigenvalue weighted by Gasteiger charge is -2.31. The molecule has 1 unspecified atom stereocenters. The number of halogens is 1. The van der Waals surface area contributed by atoms with Crippen molar-refractivity contribution in [3.63, 3.8) is 0 Å². The molecule has 2 amide bonds. The Bertz CT molecular complexity index is 1630. The fourth-order valence-electron chi connectivity index (χ4n) is 5.58. The maximum absolute atomic E-state index is 15.2. The molecular formula is C36H36FN5O5. The summed E-state index contributed by atoms with van der Waals surface area (Å²) in [6.07, 6.45) is 1.99. The van der Waals surface area contributed by atoms with Gasteiger partial charge in [0.05, 0.1) is 42.9 Å². The average Bonchev–Trinajstić information content (AvgIpc) is 3.11. The molecule has 1 saturated heterocycles. The van der Waals surface area contributed by atoms with E-state index in [2.05, 4.69) is 27.0 Å². The predicted octanol–water partition coefficient (Wildman–Crippen LogP) is 4.96. The molecule has 242 valence electrons. The number of anilines is 1. The number of hydrogen-bond donors (Lipinski definition) is 3. The summed E-state index contributed by atoms with van der Waals surface area (Å²) in [4.78, 5) is 30.5. The van der Waals surface area contributed by atoms with Crippen molar-refractivity contribution < 1.29 is 28.2 Å². The second kappa shape index (κ2) is 16.3. The van der Waals surface area contributed by atoms with Gasteiger partial charge in [-0.15, -0.1) is 0 Å². The molecular weight excluding hydrogens is 601 g/mol. The molecule has 0 radical (unpaired) electrons. The predicted molar refractivity (Wildman–Crippen MR) is 173 cm³/mol. The van der Waals surface area contributed by atoms with Gasteiger partial charge in [-0.25, -0.2) is 9.18 Å². The van der Waals surface area contributed by atoms with Gasteiger partial charge in [0.1, 0.15) is 30.3 Å². The number of hydrogen-bond acceptors (Lipinski definition) is 8. The van der Waals surface area contributed by atoms with Crippen molar-refractivity contribution in [1.29, 1.82) is 5.26 Å². The molecule has 0 bridgehead atoms. The van der Waals surface area contributed by atoms with Crippen molar-refractivity contribution in [3.05, 3.63) is 125 Å². The summed E-state index contributed by atoms with van der Waals surface area (Å²) >= 11 is 0. The highest BCUT2D eigenvalue weighted by Gasteiger charge is 2.33. The van der Waals surface area contributed by atoms with E-state index in [0.29, 0.717) is 37.4 Å². The van der Waals surface area contributed by atoms with E-state index in [4.69, 9.17) is 19.5 Å². The average molecular weight is 638 g/mol. The number of carbonyl (C=O) groups excluding carboxylic acids is 2. The van der Waals surface area contributed by atoms with Gasteiger partial charge in [-0.2, -0.15) is 5.26 Å². The molecule has 4 aromatic rings. The van der Waals surface area contributed by atoms with Gasteiger partial charge in [0.25, 0.3) is 0 Å². The van der Waals surface area contributed by atoms with Gasteiger partial charge in [0.15, 0.2) is 0 Å². The molecule has 0 spiro atoms. The molecule has 0 aliphatic carbocycles. The van der Waals surface area contributed by atoms with Crippen LogP contribution in [-0.4, -0.2) is 62.0 Å². The van der Waals surface area contributed by atoms with Crippen LogP contribution < -0.4 is 20.7 Å². The fourth-order valence-corrected chi connectivity index (χ4v) is 5.58. The summed E-state index contributed by atoms with van der Waals surface area (Å²) in [6.45, 7) is 1.47. The zero-order chi connectivity index (χ0) is 33.0. The highest BCUT2D eigenvalue weighted by molar-refractivity contribution is 5.98. The molecule has 3 aromatic carbocycles. The quantitative estimate of drug-likeness (QED) is 0.199. The Kier molecular flexibility index (Phi) is 11.5. The minimum atomic E-state index is -1.11. The first-order chi connectivity index (χ1) is 22.9. The topological polar surface area (TPSA) is 135 Å². The second-order valence-corrected chi connectivity index (χ2v) is 11.1. The molecule has 11 heteroatoms. The van der Waals surface area contributed by atoms with Gasteiger partial charge in [-0.1, -0.05) is 60.7 Å². The van der Waals surface area contributed by atoms with E-state index in [9.17, 15) is 9.59 Å². The summed E-state index contributed by atoms with van der Waals surface area (Å²) in [5.74, 6) is -1.06. The lowest BCUT2D eigenvalue weighted by atomic mass is 9.84. The number of benzene rings is 3. The molecule has 3 N–H and O–H groups in total. The third kappa shape index (κ3) is 8.91. The molecule has 2 heterocycles. The normalized spacial score (nSPS) is 16.5. The zero-order valence-electron chi connectivity index (χ0n) is 25.9. The van der Waals surface area contributed by atoms with Crippen molar-refractivity contribution in [1.82, 2.24) is 15.6 Å². The van der Waals surface area contributed by atoms with E-state index in [1.165, 1.54) is 13.3 Å². The van der Waals surface area contributed by atoms with Crippen LogP contribution in [0.2, 0.25) is 0 Å². The first-order valence-corrected chi connectivity index (χ1v) is 15.3. The van der Waals surface area contributed by atoms with Crippen LogP contribution in [-0.2, 0) is 20.7 Å². The summed E-state index contributed by atoms with van der Waals surface area (Å²) in [5, 5.41) is 17.9. The number of amides is 2. The number of rotatable bonds is 12. The molecule has 0 saturated carbocycles. The summed E-state index contributed by atoms with van der Waals surface area (Å²) in [6, 6.07) is 26.5. The van der Waals surface area contributed by atoms with Crippen molar-refractivity contribution in [3.8, 4) is 11.8 Å². The third-order valence-electron chi connectivity index (χ3n) is 7.92. The van der Waals surface area contributed by atoms with Gasteiger partial charge in [0, 0.05) is 24.6 Å². The van der Waals surface area contributed by atoms with E-state index < -0.39 is 29.8 Å². The smallest absolute Gasteiger partial charge is 0.407 e. The van der Waals surface area contributed by atoms with Crippen LogP contribution in [0.4, 0.5) is 14.9 Å². The Morgan fingerprint density at radius 1 is 1.00 bits per heavy atom. The van der Waals surface area contributed by atoms with Crippen LogP contribution in [0.25, 0.3) is 0 Å². The number of ether oxygens (including phenoxy) is 3. The lowest BCUT2D eigenvalue weighted by molar-refractivity contribution is -0.118. The lowest BCUT2D eigenvalue weighted by Crippen LogP contribution is -2.48. The highest BCUT2D eigenvalue weighted by Crippen LogP contribution is 2.30. The van der Waals surface area contributed by atoms with Gasteiger partial charge in [-0.05, 0) is 48.2 Å². The Morgan fingerprint density at radius 2 is 1.66 bits per heavy atom. The number of nitrogens with one attached hydrogen (secondary N) is 3. The van der Waals surface area contributed by atoms with Crippen LogP contribution in [0.15, 0.2) is 97.3 Å². The minimum Gasteiger partial charge on any atom is -0.491 e. The first-order valence-electron chi connectivity index (χ1n) is 15.3. The summed E-state index contributed by atoms with van der Waals surface area (Å²) in [7, 11) is 1.23. The maximum Gasteiger partial charge on any atom is 0.407 e. The summed E-state index contributed by atoms with van der Waals surface area (Å²) < 4.78 is 32.2. The van der Waals surface area contributed by atoms with Crippen molar-refractivity contribution in [2.24, 2.45) is 0 Å².